The molecule has 1 saturated heterocycles. The summed E-state index contributed by atoms with van der Waals surface area (Å²) in [6.45, 7) is 3.51. The molecule has 0 radical (unpaired) electrons. The third-order valence-electron chi connectivity index (χ3n) is 4.40. The minimum absolute atomic E-state index is 0.0733. The van der Waals surface area contributed by atoms with E-state index in [4.69, 9.17) is 4.74 Å². The first kappa shape index (κ1) is 16.7. The van der Waals surface area contributed by atoms with Crippen LogP contribution in [0.25, 0.3) is 11.3 Å². The van der Waals surface area contributed by atoms with Crippen LogP contribution in [0.4, 0.5) is 0 Å². The molecule has 0 bridgehead atoms. The Labute approximate surface area is 143 Å². The third-order valence-corrected chi connectivity index (χ3v) is 4.40. The first-order valence-corrected chi connectivity index (χ1v) is 8.59. The van der Waals surface area contributed by atoms with Crippen LogP contribution in [0.15, 0.2) is 30.5 Å². The Morgan fingerprint density at radius 3 is 2.88 bits per heavy atom. The molecule has 0 unspecified atom stereocenters. The summed E-state index contributed by atoms with van der Waals surface area (Å²) in [7, 11) is 1.92. The summed E-state index contributed by atoms with van der Waals surface area (Å²) in [4.78, 5) is 12.1. The van der Waals surface area contributed by atoms with Crippen molar-refractivity contribution in [2.45, 2.75) is 38.7 Å². The summed E-state index contributed by atoms with van der Waals surface area (Å²) >= 11 is 0. The number of ether oxygens (including phenoxy) is 1. The van der Waals surface area contributed by atoms with E-state index >= 15 is 0 Å². The van der Waals surface area contributed by atoms with Crippen LogP contribution in [0, 0.1) is 6.92 Å². The number of hydrogen-bond acceptors (Lipinski definition) is 3. The molecule has 24 heavy (non-hydrogen) atoms. The van der Waals surface area contributed by atoms with E-state index in [0.717, 1.165) is 36.3 Å². The van der Waals surface area contributed by atoms with Gasteiger partial charge in [-0.15, -0.1) is 0 Å². The summed E-state index contributed by atoms with van der Waals surface area (Å²) in [5.74, 6) is 0.0733. The van der Waals surface area contributed by atoms with Gasteiger partial charge in [-0.05, 0) is 31.7 Å². The highest BCUT2D eigenvalue weighted by Crippen LogP contribution is 2.23. The van der Waals surface area contributed by atoms with Crippen LogP contribution in [0.3, 0.4) is 0 Å². The van der Waals surface area contributed by atoms with Gasteiger partial charge in [0.1, 0.15) is 0 Å². The molecule has 1 N–H and O–H groups in total. The van der Waals surface area contributed by atoms with Crippen molar-refractivity contribution in [3.8, 4) is 11.3 Å². The summed E-state index contributed by atoms with van der Waals surface area (Å²) in [5.41, 5.74) is 4.39. The molecule has 2 aromatic rings. The summed E-state index contributed by atoms with van der Waals surface area (Å²) in [6, 6.07) is 8.33. The van der Waals surface area contributed by atoms with Gasteiger partial charge in [0.05, 0.1) is 11.8 Å². The molecule has 5 heteroatoms. The standard InChI is InChI=1S/C19H25N3O2/c1-14-5-7-15(8-6-14)19-16(13-22(2)21-19)9-10-18(23)20-12-17-4-3-11-24-17/h5-8,13,17H,3-4,9-12H2,1-2H3,(H,20,23)/t17-/m1/s1. The molecule has 0 saturated carbocycles. The smallest absolute Gasteiger partial charge is 0.220 e. The first-order valence-electron chi connectivity index (χ1n) is 8.59. The van der Waals surface area contributed by atoms with Gasteiger partial charge in [-0.3, -0.25) is 9.48 Å². The van der Waals surface area contributed by atoms with Gasteiger partial charge < -0.3 is 10.1 Å². The number of rotatable bonds is 6. The Morgan fingerprint density at radius 2 is 2.17 bits per heavy atom. The zero-order chi connectivity index (χ0) is 16.9. The fraction of sp³-hybridized carbons (Fsp3) is 0.474. The number of carbonyl (C=O) groups is 1. The van der Waals surface area contributed by atoms with Gasteiger partial charge in [0.25, 0.3) is 0 Å². The van der Waals surface area contributed by atoms with Gasteiger partial charge in [0.2, 0.25) is 5.91 Å². The van der Waals surface area contributed by atoms with Crippen LogP contribution in [0.2, 0.25) is 0 Å². The van der Waals surface area contributed by atoms with E-state index in [1.54, 1.807) is 0 Å². The molecule has 1 aliphatic rings. The lowest BCUT2D eigenvalue weighted by Crippen LogP contribution is -2.31. The number of carbonyl (C=O) groups excluding carboxylic acids is 1. The van der Waals surface area contributed by atoms with E-state index in [-0.39, 0.29) is 12.0 Å². The van der Waals surface area contributed by atoms with Crippen molar-refractivity contribution >= 4 is 5.91 Å². The van der Waals surface area contributed by atoms with Gasteiger partial charge in [-0.25, -0.2) is 0 Å². The molecular formula is C19H25N3O2. The first-order chi connectivity index (χ1) is 11.6. The van der Waals surface area contributed by atoms with Crippen molar-refractivity contribution in [2.24, 2.45) is 7.05 Å². The van der Waals surface area contributed by atoms with E-state index in [1.807, 2.05) is 17.9 Å². The van der Waals surface area contributed by atoms with Crippen molar-refractivity contribution in [2.75, 3.05) is 13.2 Å². The number of nitrogens with one attached hydrogen (secondary N) is 1. The lowest BCUT2D eigenvalue weighted by Gasteiger charge is -2.10. The summed E-state index contributed by atoms with van der Waals surface area (Å²) < 4.78 is 7.34. The summed E-state index contributed by atoms with van der Waals surface area (Å²) in [5, 5.41) is 7.54. The fourth-order valence-corrected chi connectivity index (χ4v) is 3.04. The Bertz CT molecular complexity index is 685. The lowest BCUT2D eigenvalue weighted by molar-refractivity contribution is -0.121. The minimum Gasteiger partial charge on any atom is -0.376 e. The normalized spacial score (nSPS) is 17.2. The zero-order valence-corrected chi connectivity index (χ0v) is 14.4. The van der Waals surface area contributed by atoms with E-state index < -0.39 is 0 Å². The van der Waals surface area contributed by atoms with Crippen LogP contribution >= 0.6 is 0 Å². The largest absolute Gasteiger partial charge is 0.376 e. The van der Waals surface area contributed by atoms with E-state index in [1.165, 1.54) is 5.56 Å². The number of aromatic nitrogens is 2. The minimum atomic E-state index is 0.0733. The number of amides is 1. The third kappa shape index (κ3) is 4.23. The van der Waals surface area contributed by atoms with Gasteiger partial charge in [0.15, 0.2) is 0 Å². The van der Waals surface area contributed by atoms with E-state index in [9.17, 15) is 4.79 Å². The van der Waals surface area contributed by atoms with Crippen LogP contribution < -0.4 is 5.32 Å². The monoisotopic (exact) mass is 327 g/mol. The fourth-order valence-electron chi connectivity index (χ4n) is 3.04. The van der Waals surface area contributed by atoms with Crippen molar-refractivity contribution in [1.82, 2.24) is 15.1 Å². The molecule has 2 heterocycles. The molecule has 1 aromatic carbocycles. The van der Waals surface area contributed by atoms with Crippen LogP contribution in [-0.4, -0.2) is 34.9 Å². The van der Waals surface area contributed by atoms with Gasteiger partial charge in [0, 0.05) is 38.4 Å². The molecule has 128 valence electrons. The maximum Gasteiger partial charge on any atom is 0.220 e. The molecule has 5 nitrogen and oxygen atoms in total. The van der Waals surface area contributed by atoms with Crippen molar-refractivity contribution in [1.29, 1.82) is 0 Å². The second kappa shape index (κ2) is 7.62. The van der Waals surface area contributed by atoms with Crippen molar-refractivity contribution in [3.05, 3.63) is 41.6 Å². The topological polar surface area (TPSA) is 56.2 Å². The highest BCUT2D eigenvalue weighted by Gasteiger charge is 2.17. The predicted octanol–water partition coefficient (Wildman–Crippen LogP) is 2.62. The molecule has 0 spiro atoms. The van der Waals surface area contributed by atoms with Gasteiger partial charge >= 0.3 is 0 Å². The molecule has 1 aliphatic heterocycles. The number of aryl methyl sites for hydroxylation is 3. The van der Waals surface area contributed by atoms with E-state index in [2.05, 4.69) is 41.6 Å². The highest BCUT2D eigenvalue weighted by molar-refractivity contribution is 5.76. The van der Waals surface area contributed by atoms with Crippen LogP contribution in [0.5, 0.6) is 0 Å². The van der Waals surface area contributed by atoms with Gasteiger partial charge in [-0.1, -0.05) is 29.8 Å². The van der Waals surface area contributed by atoms with Crippen LogP contribution in [0.1, 0.15) is 30.4 Å². The average molecular weight is 327 g/mol. The van der Waals surface area contributed by atoms with Crippen molar-refractivity contribution in [3.63, 3.8) is 0 Å². The van der Waals surface area contributed by atoms with Crippen LogP contribution in [-0.2, 0) is 23.0 Å². The second-order valence-electron chi connectivity index (χ2n) is 6.48. The Morgan fingerprint density at radius 1 is 1.38 bits per heavy atom. The molecule has 1 fully saturated rings. The molecular weight excluding hydrogens is 302 g/mol. The number of nitrogens with zero attached hydrogens (tertiary/aromatic N) is 2. The van der Waals surface area contributed by atoms with Crippen molar-refractivity contribution < 1.29 is 9.53 Å². The quantitative estimate of drug-likeness (QED) is 0.887. The molecule has 3 rings (SSSR count). The SMILES string of the molecule is Cc1ccc(-c2nn(C)cc2CCC(=O)NC[C@H]2CCCO2)cc1. The average Bonchev–Trinajstić information content (AvgIpc) is 3.21. The maximum absolute atomic E-state index is 12.1. The lowest BCUT2D eigenvalue weighted by atomic mass is 10.0. The zero-order valence-electron chi connectivity index (χ0n) is 14.4. The molecule has 0 aliphatic carbocycles. The highest BCUT2D eigenvalue weighted by atomic mass is 16.5. The predicted molar refractivity (Wildman–Crippen MR) is 93.7 cm³/mol. The Hall–Kier alpha value is -2.14. The summed E-state index contributed by atoms with van der Waals surface area (Å²) in [6.07, 6.45) is 5.49. The molecule has 1 atom stereocenters. The Balaban J connectivity index is 1.58. The second-order valence-corrected chi connectivity index (χ2v) is 6.48. The van der Waals surface area contributed by atoms with Gasteiger partial charge in [-0.2, -0.15) is 5.10 Å². The number of benzene rings is 1. The molecule has 1 aromatic heterocycles. The Kier molecular flexibility index (Phi) is 5.30. The molecule has 1 amide bonds. The van der Waals surface area contributed by atoms with E-state index in [0.29, 0.717) is 19.4 Å². The number of hydrogen-bond donors (Lipinski definition) is 1. The maximum atomic E-state index is 12.1.